The molecule has 0 saturated carbocycles. The third-order valence-electron chi connectivity index (χ3n) is 0.965. The number of nitrogens with zero attached hydrogens (tertiary/aromatic N) is 2. The summed E-state index contributed by atoms with van der Waals surface area (Å²) in [4.78, 5) is 3.84. The number of diazo groups is 1. The second kappa shape index (κ2) is 2.51. The van der Waals surface area contributed by atoms with Gasteiger partial charge in [-0.1, -0.05) is 0 Å². The summed E-state index contributed by atoms with van der Waals surface area (Å²) in [5.74, 6) is 0. The summed E-state index contributed by atoms with van der Waals surface area (Å²) < 4.78 is 0. The van der Waals surface area contributed by atoms with E-state index in [4.69, 9.17) is 5.39 Å². The third kappa shape index (κ3) is 1.44. The van der Waals surface area contributed by atoms with Crippen LogP contribution in [0.3, 0.4) is 0 Å². The molecule has 0 aliphatic heterocycles. The van der Waals surface area contributed by atoms with E-state index in [0.717, 1.165) is 4.90 Å². The first-order valence-electron chi connectivity index (χ1n) is 2.47. The highest BCUT2D eigenvalue weighted by Gasteiger charge is 1.99. The van der Waals surface area contributed by atoms with E-state index in [1.54, 1.807) is 24.3 Å². The van der Waals surface area contributed by atoms with Crippen LogP contribution in [0.4, 0.5) is 5.69 Å². The van der Waals surface area contributed by atoms with Gasteiger partial charge in [0.05, 0.1) is 0 Å². The molecule has 0 N–H and O–H groups in total. The molecular formula is C6H5N2S+. The van der Waals surface area contributed by atoms with E-state index in [9.17, 15) is 0 Å². The molecule has 0 spiro atoms. The monoisotopic (exact) mass is 137 g/mol. The molecule has 1 aromatic carbocycles. The van der Waals surface area contributed by atoms with E-state index in [0.29, 0.717) is 5.69 Å². The Morgan fingerprint density at radius 3 is 2.22 bits per heavy atom. The molecule has 0 unspecified atom stereocenters. The summed E-state index contributed by atoms with van der Waals surface area (Å²) in [6.07, 6.45) is 0. The Kier molecular flexibility index (Phi) is 1.71. The smallest absolute Gasteiger partial charge is 0.143 e. The molecule has 3 heteroatoms. The molecule has 0 amide bonds. The zero-order valence-corrected chi connectivity index (χ0v) is 5.55. The Hall–Kier alpha value is -1.01. The molecule has 0 aliphatic rings. The van der Waals surface area contributed by atoms with E-state index < -0.39 is 0 Å². The van der Waals surface area contributed by atoms with Crippen molar-refractivity contribution in [3.05, 3.63) is 29.2 Å². The molecule has 0 aliphatic carbocycles. The molecule has 1 aromatic rings. The van der Waals surface area contributed by atoms with Crippen molar-refractivity contribution in [1.82, 2.24) is 0 Å². The lowest BCUT2D eigenvalue weighted by Crippen LogP contribution is -1.60. The minimum Gasteiger partial charge on any atom is -0.143 e. The van der Waals surface area contributed by atoms with Crippen LogP contribution in [0.5, 0.6) is 0 Å². The summed E-state index contributed by atoms with van der Waals surface area (Å²) in [5.41, 5.74) is 0.549. The van der Waals surface area contributed by atoms with Crippen LogP contribution in [0.1, 0.15) is 0 Å². The maximum atomic E-state index is 8.23. The maximum Gasteiger partial charge on any atom is 0.385 e. The number of rotatable bonds is 0. The van der Waals surface area contributed by atoms with Crippen molar-refractivity contribution in [3.63, 3.8) is 0 Å². The predicted octanol–water partition coefficient (Wildman–Crippen LogP) is 2.46. The summed E-state index contributed by atoms with van der Waals surface area (Å²) in [5, 5.41) is 8.23. The first-order chi connectivity index (χ1) is 4.33. The fraction of sp³-hybridized carbons (Fsp3) is 0. The van der Waals surface area contributed by atoms with E-state index >= 15 is 0 Å². The summed E-state index contributed by atoms with van der Waals surface area (Å²) in [6.45, 7) is 0. The van der Waals surface area contributed by atoms with Crippen molar-refractivity contribution in [2.24, 2.45) is 0 Å². The second-order valence-corrected chi connectivity index (χ2v) is 2.13. The normalized spacial score (nSPS) is 8.44. The van der Waals surface area contributed by atoms with Gasteiger partial charge in [0, 0.05) is 17.0 Å². The molecule has 9 heavy (non-hydrogen) atoms. The van der Waals surface area contributed by atoms with Crippen LogP contribution in [0.15, 0.2) is 29.2 Å². The lowest BCUT2D eigenvalue weighted by atomic mass is 10.3. The van der Waals surface area contributed by atoms with Crippen molar-refractivity contribution in [3.8, 4) is 0 Å². The van der Waals surface area contributed by atoms with Gasteiger partial charge in [-0.2, -0.15) is 0 Å². The Morgan fingerprint density at radius 1 is 1.22 bits per heavy atom. The van der Waals surface area contributed by atoms with Crippen LogP contribution < -0.4 is 0 Å². The molecule has 0 atom stereocenters. The Balaban J connectivity index is 3.06. The number of hydrogen-bond acceptors (Lipinski definition) is 2. The van der Waals surface area contributed by atoms with Gasteiger partial charge in [0.2, 0.25) is 5.39 Å². The van der Waals surface area contributed by atoms with Gasteiger partial charge in [-0.25, -0.2) is 0 Å². The Bertz CT molecular complexity index is 234. The quantitative estimate of drug-likeness (QED) is 0.431. The Morgan fingerprint density at radius 2 is 1.78 bits per heavy atom. The average molecular weight is 137 g/mol. The summed E-state index contributed by atoms with van der Waals surface area (Å²) in [7, 11) is 0. The molecule has 0 heterocycles. The highest BCUT2D eigenvalue weighted by molar-refractivity contribution is 7.80. The van der Waals surface area contributed by atoms with Crippen LogP contribution in [0, 0.1) is 5.39 Å². The zero-order valence-electron chi connectivity index (χ0n) is 4.65. The highest BCUT2D eigenvalue weighted by Crippen LogP contribution is 2.13. The van der Waals surface area contributed by atoms with Gasteiger partial charge < -0.3 is 0 Å². The molecule has 0 radical (unpaired) electrons. The van der Waals surface area contributed by atoms with Gasteiger partial charge in [-0.15, -0.1) is 12.6 Å². The average Bonchev–Trinajstić information content (AvgIpc) is 1.90. The van der Waals surface area contributed by atoms with E-state index in [2.05, 4.69) is 17.6 Å². The van der Waals surface area contributed by atoms with Gasteiger partial charge in [0.15, 0.2) is 4.98 Å². The van der Waals surface area contributed by atoms with Gasteiger partial charge in [-0.3, -0.25) is 0 Å². The molecule has 0 fully saturated rings. The van der Waals surface area contributed by atoms with E-state index in [-0.39, 0.29) is 0 Å². The lowest BCUT2D eigenvalue weighted by molar-refractivity contribution is 1.43. The van der Waals surface area contributed by atoms with Crippen molar-refractivity contribution in [2.45, 2.75) is 4.90 Å². The van der Waals surface area contributed by atoms with Crippen molar-refractivity contribution < 1.29 is 0 Å². The van der Waals surface area contributed by atoms with Crippen molar-refractivity contribution >= 4 is 18.3 Å². The van der Waals surface area contributed by atoms with Crippen LogP contribution >= 0.6 is 12.6 Å². The van der Waals surface area contributed by atoms with E-state index in [1.165, 1.54) is 0 Å². The second-order valence-electron chi connectivity index (χ2n) is 1.62. The first-order valence-corrected chi connectivity index (χ1v) is 2.92. The zero-order chi connectivity index (χ0) is 6.69. The minimum absolute atomic E-state index is 0.549. The van der Waals surface area contributed by atoms with Gasteiger partial charge >= 0.3 is 5.69 Å². The maximum absolute atomic E-state index is 8.23. The SMILES string of the molecule is N#[N+]c1ccc(S)cc1. The molecule has 0 bridgehead atoms. The minimum atomic E-state index is 0.549. The summed E-state index contributed by atoms with van der Waals surface area (Å²) in [6, 6.07) is 6.89. The molecule has 2 nitrogen and oxygen atoms in total. The molecule has 1 rings (SSSR count). The number of hydrogen-bond donors (Lipinski definition) is 1. The highest BCUT2D eigenvalue weighted by atomic mass is 32.1. The fourth-order valence-electron chi connectivity index (χ4n) is 0.519. The van der Waals surface area contributed by atoms with Crippen LogP contribution in [-0.4, -0.2) is 0 Å². The fourth-order valence-corrected chi connectivity index (χ4v) is 0.668. The molecule has 0 saturated heterocycles. The topological polar surface area (TPSA) is 28.1 Å². The van der Waals surface area contributed by atoms with Crippen LogP contribution in [0.2, 0.25) is 0 Å². The standard InChI is InChI=1S/C6H4N2S/c7-8-5-1-3-6(9)4-2-5/h1-4H/p+1. The van der Waals surface area contributed by atoms with E-state index in [1.807, 2.05) is 0 Å². The van der Waals surface area contributed by atoms with Gasteiger partial charge in [0.1, 0.15) is 0 Å². The Labute approximate surface area is 58.5 Å². The lowest BCUT2D eigenvalue weighted by Gasteiger charge is -1.80. The van der Waals surface area contributed by atoms with Crippen LogP contribution in [0.25, 0.3) is 4.98 Å². The number of benzene rings is 1. The predicted molar refractivity (Wildman–Crippen MR) is 38.4 cm³/mol. The number of thiol groups is 1. The third-order valence-corrected chi connectivity index (χ3v) is 1.26. The molecular weight excluding hydrogens is 132 g/mol. The van der Waals surface area contributed by atoms with Gasteiger partial charge in [-0.05, 0) is 12.1 Å². The largest absolute Gasteiger partial charge is 0.385 e. The molecule has 44 valence electrons. The van der Waals surface area contributed by atoms with Gasteiger partial charge in [0.25, 0.3) is 0 Å². The van der Waals surface area contributed by atoms with Crippen molar-refractivity contribution in [1.29, 1.82) is 5.39 Å². The molecule has 0 aromatic heterocycles. The summed E-state index contributed by atoms with van der Waals surface area (Å²) >= 11 is 4.05. The first kappa shape index (κ1) is 6.12. The van der Waals surface area contributed by atoms with Crippen molar-refractivity contribution in [2.75, 3.05) is 0 Å². The van der Waals surface area contributed by atoms with Crippen LogP contribution in [-0.2, 0) is 0 Å².